The summed E-state index contributed by atoms with van der Waals surface area (Å²) in [5.74, 6) is 0.316. The quantitative estimate of drug-likeness (QED) is 0.827. The second-order valence-electron chi connectivity index (χ2n) is 6.67. The Morgan fingerprint density at radius 3 is 1.84 bits per heavy atom. The van der Waals surface area contributed by atoms with Crippen LogP contribution in [0.1, 0.15) is 43.2 Å². The summed E-state index contributed by atoms with van der Waals surface area (Å²) in [6.45, 7) is 3.26. The van der Waals surface area contributed by atoms with Crippen molar-refractivity contribution in [1.82, 2.24) is 4.90 Å². The fourth-order valence-electron chi connectivity index (χ4n) is 3.66. The molecule has 3 heteroatoms. The minimum atomic E-state index is -0.277. The van der Waals surface area contributed by atoms with Gasteiger partial charge >= 0.3 is 0 Å². The lowest BCUT2D eigenvalue weighted by molar-refractivity contribution is -0.135. The zero-order chi connectivity index (χ0) is 17.6. The normalized spacial score (nSPS) is 15.4. The Kier molecular flexibility index (Phi) is 5.64. The van der Waals surface area contributed by atoms with Crippen LogP contribution in [0.15, 0.2) is 60.7 Å². The lowest BCUT2D eigenvalue weighted by atomic mass is 9.87. The van der Waals surface area contributed by atoms with E-state index in [1.165, 1.54) is 0 Å². The molecule has 1 amide bonds. The van der Waals surface area contributed by atoms with Crippen LogP contribution in [0.4, 0.5) is 0 Å². The van der Waals surface area contributed by atoms with Crippen LogP contribution in [0.3, 0.4) is 0 Å². The van der Waals surface area contributed by atoms with Gasteiger partial charge in [0.05, 0.1) is 5.92 Å². The zero-order valence-electron chi connectivity index (χ0n) is 14.7. The molecular formula is C22H25NO2. The first-order valence-corrected chi connectivity index (χ1v) is 9.12. The lowest BCUT2D eigenvalue weighted by Gasteiger charge is -2.34. The molecule has 0 atom stereocenters. The summed E-state index contributed by atoms with van der Waals surface area (Å²) in [4.78, 5) is 27.1. The number of amides is 1. The highest BCUT2D eigenvalue weighted by Gasteiger charge is 2.31. The van der Waals surface area contributed by atoms with Crippen molar-refractivity contribution >= 4 is 11.7 Å². The van der Waals surface area contributed by atoms with Crippen molar-refractivity contribution in [3.63, 3.8) is 0 Å². The molecule has 0 spiro atoms. The Balaban J connectivity index is 1.80. The molecular weight excluding hydrogens is 310 g/mol. The molecule has 1 saturated heterocycles. The molecule has 3 rings (SSSR count). The SMILES string of the molecule is CCC(=O)C1CCN(C(=O)C(c2ccccc2)c2ccccc2)CC1. The van der Waals surface area contributed by atoms with Gasteiger partial charge in [-0.1, -0.05) is 67.6 Å². The maximum absolute atomic E-state index is 13.3. The van der Waals surface area contributed by atoms with E-state index >= 15 is 0 Å². The average molecular weight is 335 g/mol. The Morgan fingerprint density at radius 2 is 1.40 bits per heavy atom. The number of hydrogen-bond donors (Lipinski definition) is 0. The monoisotopic (exact) mass is 335 g/mol. The number of Topliss-reactive ketones (excluding diaryl/α,β-unsaturated/α-hetero) is 1. The highest BCUT2D eigenvalue weighted by Crippen LogP contribution is 2.29. The van der Waals surface area contributed by atoms with Crippen molar-refractivity contribution < 1.29 is 9.59 Å². The maximum atomic E-state index is 13.3. The molecule has 0 N–H and O–H groups in total. The van der Waals surface area contributed by atoms with Gasteiger partial charge in [0.1, 0.15) is 5.78 Å². The molecule has 2 aromatic carbocycles. The van der Waals surface area contributed by atoms with E-state index in [-0.39, 0.29) is 17.7 Å². The number of rotatable bonds is 5. The van der Waals surface area contributed by atoms with Crippen LogP contribution in [0.5, 0.6) is 0 Å². The van der Waals surface area contributed by atoms with E-state index in [4.69, 9.17) is 0 Å². The third kappa shape index (κ3) is 3.98. The van der Waals surface area contributed by atoms with E-state index in [0.29, 0.717) is 25.3 Å². The number of carbonyl (C=O) groups excluding carboxylic acids is 2. The first kappa shape index (κ1) is 17.4. The largest absolute Gasteiger partial charge is 0.342 e. The van der Waals surface area contributed by atoms with E-state index < -0.39 is 0 Å². The van der Waals surface area contributed by atoms with Gasteiger partial charge in [-0.2, -0.15) is 0 Å². The Morgan fingerprint density at radius 1 is 0.920 bits per heavy atom. The molecule has 25 heavy (non-hydrogen) atoms. The first-order chi connectivity index (χ1) is 12.2. The molecule has 0 bridgehead atoms. The fourth-order valence-corrected chi connectivity index (χ4v) is 3.66. The molecule has 0 saturated carbocycles. The van der Waals surface area contributed by atoms with Crippen molar-refractivity contribution in [3.8, 4) is 0 Å². The molecule has 130 valence electrons. The first-order valence-electron chi connectivity index (χ1n) is 9.12. The van der Waals surface area contributed by atoms with Gasteiger partial charge in [0.2, 0.25) is 5.91 Å². The minimum Gasteiger partial charge on any atom is -0.342 e. The van der Waals surface area contributed by atoms with Crippen LogP contribution in [0, 0.1) is 5.92 Å². The minimum absolute atomic E-state index is 0.126. The van der Waals surface area contributed by atoms with Gasteiger partial charge < -0.3 is 4.90 Å². The molecule has 1 aliphatic heterocycles. The van der Waals surface area contributed by atoms with Crippen LogP contribution in [-0.2, 0) is 9.59 Å². The lowest BCUT2D eigenvalue weighted by Crippen LogP contribution is -2.42. The number of likely N-dealkylation sites (tertiary alicyclic amines) is 1. The van der Waals surface area contributed by atoms with Crippen molar-refractivity contribution in [3.05, 3.63) is 71.8 Å². The van der Waals surface area contributed by atoms with Crippen LogP contribution in [0.2, 0.25) is 0 Å². The predicted octanol–water partition coefficient (Wildman–Crippen LogP) is 4.04. The van der Waals surface area contributed by atoms with E-state index in [1.54, 1.807) is 0 Å². The Hall–Kier alpha value is -2.42. The van der Waals surface area contributed by atoms with Crippen LogP contribution >= 0.6 is 0 Å². The summed E-state index contributed by atoms with van der Waals surface area (Å²) >= 11 is 0. The van der Waals surface area contributed by atoms with E-state index in [9.17, 15) is 9.59 Å². The number of nitrogens with zero attached hydrogens (tertiary/aromatic N) is 1. The van der Waals surface area contributed by atoms with Gasteiger partial charge in [-0.25, -0.2) is 0 Å². The smallest absolute Gasteiger partial charge is 0.234 e. The number of ketones is 1. The predicted molar refractivity (Wildman–Crippen MR) is 99.3 cm³/mol. The second kappa shape index (κ2) is 8.11. The molecule has 0 radical (unpaired) electrons. The summed E-state index contributed by atoms with van der Waals surface area (Å²) in [6.07, 6.45) is 2.17. The topological polar surface area (TPSA) is 37.4 Å². The van der Waals surface area contributed by atoms with Gasteiger partial charge in [-0.15, -0.1) is 0 Å². The number of hydrogen-bond acceptors (Lipinski definition) is 2. The molecule has 3 nitrogen and oxygen atoms in total. The molecule has 0 aliphatic carbocycles. The highest BCUT2D eigenvalue weighted by molar-refractivity contribution is 5.87. The fraction of sp³-hybridized carbons (Fsp3) is 0.364. The standard InChI is InChI=1S/C22H25NO2/c1-2-20(24)17-13-15-23(16-14-17)22(25)21(18-9-5-3-6-10-18)19-11-7-4-8-12-19/h3-12,17,21H,2,13-16H2,1H3. The van der Waals surface area contributed by atoms with E-state index in [0.717, 1.165) is 24.0 Å². The second-order valence-corrected chi connectivity index (χ2v) is 6.67. The molecule has 0 unspecified atom stereocenters. The third-order valence-electron chi connectivity index (χ3n) is 5.12. The Bertz CT molecular complexity index is 664. The van der Waals surface area contributed by atoms with Crippen LogP contribution < -0.4 is 0 Å². The molecule has 2 aromatic rings. The van der Waals surface area contributed by atoms with Crippen molar-refractivity contribution in [2.75, 3.05) is 13.1 Å². The average Bonchev–Trinajstić information content (AvgIpc) is 2.69. The van der Waals surface area contributed by atoms with Crippen LogP contribution in [0.25, 0.3) is 0 Å². The zero-order valence-corrected chi connectivity index (χ0v) is 14.7. The molecule has 0 aromatic heterocycles. The number of piperidine rings is 1. The summed E-state index contributed by atoms with van der Waals surface area (Å²) in [6, 6.07) is 19.9. The van der Waals surface area contributed by atoms with E-state index in [1.807, 2.05) is 72.5 Å². The molecule has 1 aliphatic rings. The summed E-state index contributed by atoms with van der Waals surface area (Å²) in [5.41, 5.74) is 2.04. The van der Waals surface area contributed by atoms with Crippen molar-refractivity contribution in [2.24, 2.45) is 5.92 Å². The summed E-state index contributed by atoms with van der Waals surface area (Å²) in [5, 5.41) is 0. The van der Waals surface area contributed by atoms with Gasteiger partial charge in [0, 0.05) is 25.4 Å². The maximum Gasteiger partial charge on any atom is 0.234 e. The summed E-state index contributed by atoms with van der Waals surface area (Å²) in [7, 11) is 0. The van der Waals surface area contributed by atoms with Crippen LogP contribution in [-0.4, -0.2) is 29.7 Å². The third-order valence-corrected chi connectivity index (χ3v) is 5.12. The van der Waals surface area contributed by atoms with Crippen molar-refractivity contribution in [2.45, 2.75) is 32.1 Å². The number of benzene rings is 2. The highest BCUT2D eigenvalue weighted by atomic mass is 16.2. The van der Waals surface area contributed by atoms with Gasteiger partial charge in [0.25, 0.3) is 0 Å². The van der Waals surface area contributed by atoms with Gasteiger partial charge in [0.15, 0.2) is 0 Å². The molecule has 1 heterocycles. The Labute approximate surface area is 149 Å². The molecule has 1 fully saturated rings. The number of carbonyl (C=O) groups is 2. The summed E-state index contributed by atoms with van der Waals surface area (Å²) < 4.78 is 0. The van der Waals surface area contributed by atoms with Gasteiger partial charge in [-0.3, -0.25) is 9.59 Å². The van der Waals surface area contributed by atoms with Crippen molar-refractivity contribution in [1.29, 1.82) is 0 Å². The van der Waals surface area contributed by atoms with E-state index in [2.05, 4.69) is 0 Å². The van der Waals surface area contributed by atoms with Gasteiger partial charge in [-0.05, 0) is 24.0 Å².